The van der Waals surface area contributed by atoms with Crippen molar-refractivity contribution in [3.05, 3.63) is 52.8 Å². The van der Waals surface area contributed by atoms with Gasteiger partial charge in [0.05, 0.1) is 5.52 Å². The van der Waals surface area contributed by atoms with Crippen molar-refractivity contribution in [3.63, 3.8) is 0 Å². The molecular formula is C16H13BrN4. The van der Waals surface area contributed by atoms with Crippen molar-refractivity contribution in [2.45, 2.75) is 6.42 Å². The van der Waals surface area contributed by atoms with Gasteiger partial charge in [-0.3, -0.25) is 0 Å². The Morgan fingerprint density at radius 3 is 2.90 bits per heavy atom. The first-order chi connectivity index (χ1) is 10.2. The molecule has 1 aliphatic heterocycles. The Bertz CT molecular complexity index is 847. The second-order valence-corrected chi connectivity index (χ2v) is 6.06. The maximum atomic E-state index is 5.93. The second kappa shape index (κ2) is 4.70. The van der Waals surface area contributed by atoms with Gasteiger partial charge in [-0.25, -0.2) is 9.97 Å². The standard InChI is InChI=1S/C16H13BrN4/c17-11-2-1-10-5-6-21(15(10)7-11)16-13-8-12(18)3-4-14(13)19-9-20-16/h1-4,7-9H,5-6,18H2. The summed E-state index contributed by atoms with van der Waals surface area (Å²) in [5.41, 5.74) is 10.1. The lowest BCUT2D eigenvalue weighted by molar-refractivity contribution is 0.975. The number of aromatic nitrogens is 2. The van der Waals surface area contributed by atoms with E-state index in [4.69, 9.17) is 5.73 Å². The molecule has 0 unspecified atom stereocenters. The molecule has 0 fully saturated rings. The van der Waals surface area contributed by atoms with Gasteiger partial charge in [-0.2, -0.15) is 0 Å². The van der Waals surface area contributed by atoms with E-state index in [1.807, 2.05) is 18.2 Å². The molecule has 104 valence electrons. The molecule has 0 saturated heterocycles. The summed E-state index contributed by atoms with van der Waals surface area (Å²) in [7, 11) is 0. The third kappa shape index (κ3) is 2.05. The second-order valence-electron chi connectivity index (χ2n) is 5.15. The van der Waals surface area contributed by atoms with Crippen molar-refractivity contribution in [2.75, 3.05) is 17.2 Å². The number of nitrogens with two attached hydrogens (primary N) is 1. The van der Waals surface area contributed by atoms with Crippen LogP contribution in [0.15, 0.2) is 47.2 Å². The summed E-state index contributed by atoms with van der Waals surface area (Å²) < 4.78 is 1.08. The number of fused-ring (bicyclic) bond motifs is 2. The maximum absolute atomic E-state index is 5.93. The summed E-state index contributed by atoms with van der Waals surface area (Å²) in [6.45, 7) is 0.923. The zero-order chi connectivity index (χ0) is 14.4. The van der Waals surface area contributed by atoms with Gasteiger partial charge in [0.2, 0.25) is 0 Å². The van der Waals surface area contributed by atoms with E-state index in [1.165, 1.54) is 11.3 Å². The van der Waals surface area contributed by atoms with Crippen LogP contribution in [0, 0.1) is 0 Å². The highest BCUT2D eigenvalue weighted by Crippen LogP contribution is 2.38. The van der Waals surface area contributed by atoms with Gasteiger partial charge >= 0.3 is 0 Å². The highest BCUT2D eigenvalue weighted by molar-refractivity contribution is 9.10. The lowest BCUT2D eigenvalue weighted by atomic mass is 10.1. The van der Waals surface area contributed by atoms with Gasteiger partial charge in [0.1, 0.15) is 12.1 Å². The van der Waals surface area contributed by atoms with Crippen LogP contribution in [0.1, 0.15) is 5.56 Å². The Morgan fingerprint density at radius 2 is 2.00 bits per heavy atom. The van der Waals surface area contributed by atoms with E-state index >= 15 is 0 Å². The fourth-order valence-electron chi connectivity index (χ4n) is 2.85. The van der Waals surface area contributed by atoms with E-state index < -0.39 is 0 Å². The summed E-state index contributed by atoms with van der Waals surface area (Å²) in [4.78, 5) is 11.1. The molecule has 5 heteroatoms. The van der Waals surface area contributed by atoms with Crippen molar-refractivity contribution in [3.8, 4) is 0 Å². The monoisotopic (exact) mass is 340 g/mol. The van der Waals surface area contributed by atoms with E-state index in [9.17, 15) is 0 Å². The zero-order valence-corrected chi connectivity index (χ0v) is 12.8. The molecule has 0 atom stereocenters. The van der Waals surface area contributed by atoms with Gasteiger partial charge in [0.25, 0.3) is 0 Å². The smallest absolute Gasteiger partial charge is 0.144 e. The van der Waals surface area contributed by atoms with Crippen molar-refractivity contribution >= 4 is 44.0 Å². The molecule has 1 aliphatic rings. The number of halogens is 1. The highest BCUT2D eigenvalue weighted by Gasteiger charge is 2.23. The fraction of sp³-hybridized carbons (Fsp3) is 0.125. The predicted molar refractivity (Wildman–Crippen MR) is 88.8 cm³/mol. The Kier molecular flexibility index (Phi) is 2.82. The molecule has 0 spiro atoms. The van der Waals surface area contributed by atoms with E-state index in [2.05, 4.69) is 49.0 Å². The fourth-order valence-corrected chi connectivity index (χ4v) is 3.20. The van der Waals surface area contributed by atoms with Gasteiger partial charge < -0.3 is 10.6 Å². The molecule has 2 heterocycles. The van der Waals surface area contributed by atoms with Crippen LogP contribution in [0.3, 0.4) is 0 Å². The number of nitrogens with zero attached hydrogens (tertiary/aromatic N) is 3. The van der Waals surface area contributed by atoms with Crippen LogP contribution < -0.4 is 10.6 Å². The van der Waals surface area contributed by atoms with E-state index in [0.717, 1.165) is 39.8 Å². The minimum absolute atomic E-state index is 0.729. The lowest BCUT2D eigenvalue weighted by Crippen LogP contribution is -2.15. The highest BCUT2D eigenvalue weighted by atomic mass is 79.9. The van der Waals surface area contributed by atoms with Gasteiger partial charge in [0.15, 0.2) is 0 Å². The minimum atomic E-state index is 0.729. The molecule has 3 aromatic rings. The lowest BCUT2D eigenvalue weighted by Gasteiger charge is -2.20. The molecule has 0 bridgehead atoms. The number of nitrogen functional groups attached to an aromatic ring is 1. The number of hydrogen-bond donors (Lipinski definition) is 1. The number of rotatable bonds is 1. The third-order valence-corrected chi connectivity index (χ3v) is 4.33. The summed E-state index contributed by atoms with van der Waals surface area (Å²) in [6, 6.07) is 12.1. The number of benzene rings is 2. The average Bonchev–Trinajstić information content (AvgIpc) is 2.89. The van der Waals surface area contributed by atoms with Gasteiger partial charge in [-0.15, -0.1) is 0 Å². The Labute approximate surface area is 130 Å². The summed E-state index contributed by atoms with van der Waals surface area (Å²) in [6.07, 6.45) is 2.64. The summed E-state index contributed by atoms with van der Waals surface area (Å²) in [5.74, 6) is 0.921. The first-order valence-corrected chi connectivity index (χ1v) is 7.58. The number of hydrogen-bond acceptors (Lipinski definition) is 4. The average molecular weight is 341 g/mol. The first-order valence-electron chi connectivity index (χ1n) is 6.78. The van der Waals surface area contributed by atoms with Crippen LogP contribution in [0.2, 0.25) is 0 Å². The van der Waals surface area contributed by atoms with Crippen molar-refractivity contribution in [2.24, 2.45) is 0 Å². The molecule has 0 saturated carbocycles. The summed E-state index contributed by atoms with van der Waals surface area (Å²) >= 11 is 3.55. The normalized spacial score (nSPS) is 13.7. The molecule has 21 heavy (non-hydrogen) atoms. The number of anilines is 3. The van der Waals surface area contributed by atoms with Crippen LogP contribution in [0.4, 0.5) is 17.2 Å². The Morgan fingerprint density at radius 1 is 1.10 bits per heavy atom. The molecule has 1 aromatic heterocycles. The zero-order valence-electron chi connectivity index (χ0n) is 11.3. The van der Waals surface area contributed by atoms with Gasteiger partial charge in [-0.1, -0.05) is 22.0 Å². The molecule has 2 aromatic carbocycles. The maximum Gasteiger partial charge on any atom is 0.144 e. The molecule has 4 rings (SSSR count). The van der Waals surface area contributed by atoms with E-state index in [0.29, 0.717) is 0 Å². The van der Waals surface area contributed by atoms with Crippen LogP contribution in [-0.4, -0.2) is 16.5 Å². The minimum Gasteiger partial charge on any atom is -0.399 e. The Balaban J connectivity index is 1.93. The summed E-state index contributed by atoms with van der Waals surface area (Å²) in [5, 5.41) is 0.991. The van der Waals surface area contributed by atoms with Gasteiger partial charge in [-0.05, 0) is 42.3 Å². The largest absolute Gasteiger partial charge is 0.399 e. The molecule has 0 amide bonds. The Hall–Kier alpha value is -2.14. The SMILES string of the molecule is Nc1ccc2ncnc(N3CCc4ccc(Br)cc43)c2c1. The van der Waals surface area contributed by atoms with Crippen LogP contribution in [0.5, 0.6) is 0 Å². The molecule has 2 N–H and O–H groups in total. The first kappa shape index (κ1) is 12.6. The topological polar surface area (TPSA) is 55.0 Å². The van der Waals surface area contributed by atoms with E-state index in [-0.39, 0.29) is 0 Å². The molecular weight excluding hydrogens is 328 g/mol. The van der Waals surface area contributed by atoms with Crippen LogP contribution in [-0.2, 0) is 6.42 Å². The van der Waals surface area contributed by atoms with Crippen molar-refractivity contribution in [1.82, 2.24) is 9.97 Å². The van der Waals surface area contributed by atoms with E-state index in [1.54, 1.807) is 6.33 Å². The van der Waals surface area contributed by atoms with Gasteiger partial charge in [0, 0.05) is 27.8 Å². The quantitative estimate of drug-likeness (QED) is 0.686. The third-order valence-electron chi connectivity index (χ3n) is 3.84. The van der Waals surface area contributed by atoms with Crippen molar-refractivity contribution < 1.29 is 0 Å². The predicted octanol–water partition coefficient (Wildman–Crippen LogP) is 3.67. The van der Waals surface area contributed by atoms with Crippen molar-refractivity contribution in [1.29, 1.82) is 0 Å². The van der Waals surface area contributed by atoms with Crippen LogP contribution in [0.25, 0.3) is 10.9 Å². The molecule has 4 nitrogen and oxygen atoms in total. The molecule has 0 radical (unpaired) electrons. The molecule has 0 aliphatic carbocycles. The van der Waals surface area contributed by atoms with Crippen LogP contribution >= 0.6 is 15.9 Å².